The van der Waals surface area contributed by atoms with E-state index in [-0.39, 0.29) is 0 Å². The number of anilines is 1. The summed E-state index contributed by atoms with van der Waals surface area (Å²) >= 11 is 6.08. The van der Waals surface area contributed by atoms with Crippen molar-refractivity contribution in [3.8, 4) is 11.4 Å². The lowest BCUT2D eigenvalue weighted by Gasteiger charge is -2.12. The predicted octanol–water partition coefficient (Wildman–Crippen LogP) is 4.26. The summed E-state index contributed by atoms with van der Waals surface area (Å²) in [5, 5.41) is 7.62. The molecule has 0 spiro atoms. The number of ether oxygens (including phenoxy) is 2. The Bertz CT molecular complexity index is 1090. The van der Waals surface area contributed by atoms with E-state index in [1.54, 1.807) is 30.7 Å². The zero-order chi connectivity index (χ0) is 21.8. The number of nitrogens with zero attached hydrogens (tertiary/aromatic N) is 2. The molecule has 1 heterocycles. The maximum absolute atomic E-state index is 12.6. The molecule has 1 amide bonds. The van der Waals surface area contributed by atoms with E-state index in [4.69, 9.17) is 21.1 Å². The van der Waals surface area contributed by atoms with E-state index in [2.05, 4.69) is 10.4 Å². The third kappa shape index (κ3) is 4.46. The van der Waals surface area contributed by atoms with Crippen molar-refractivity contribution >= 4 is 29.2 Å². The summed E-state index contributed by atoms with van der Waals surface area (Å²) in [5.74, 6) is -0.684. The van der Waals surface area contributed by atoms with Crippen LogP contribution in [0.25, 0.3) is 5.69 Å². The molecule has 2 aromatic carbocycles. The molecule has 1 N–H and O–H groups in total. The van der Waals surface area contributed by atoms with Gasteiger partial charge in [-0.25, -0.2) is 9.48 Å². The number of amides is 1. The smallest absolute Gasteiger partial charge is 0.342 e. The van der Waals surface area contributed by atoms with Crippen LogP contribution in [0, 0.1) is 20.8 Å². The third-order valence-electron chi connectivity index (χ3n) is 4.59. The van der Waals surface area contributed by atoms with Crippen molar-refractivity contribution in [2.45, 2.75) is 20.8 Å². The molecule has 0 unspecified atom stereocenters. The van der Waals surface area contributed by atoms with Crippen molar-refractivity contribution < 1.29 is 19.1 Å². The molecule has 156 valence electrons. The topological polar surface area (TPSA) is 82.4 Å². The predicted molar refractivity (Wildman–Crippen MR) is 115 cm³/mol. The largest absolute Gasteiger partial charge is 0.495 e. The number of esters is 1. The Morgan fingerprint density at radius 3 is 2.50 bits per heavy atom. The summed E-state index contributed by atoms with van der Waals surface area (Å²) in [6.45, 7) is 4.88. The van der Waals surface area contributed by atoms with E-state index in [1.807, 2.05) is 37.3 Å². The van der Waals surface area contributed by atoms with Crippen molar-refractivity contribution in [3.05, 3.63) is 70.0 Å². The Labute approximate surface area is 179 Å². The number of para-hydroxylation sites is 1. The van der Waals surface area contributed by atoms with Gasteiger partial charge in [-0.3, -0.25) is 4.79 Å². The van der Waals surface area contributed by atoms with E-state index < -0.39 is 18.5 Å². The van der Waals surface area contributed by atoms with Crippen molar-refractivity contribution in [3.63, 3.8) is 0 Å². The first-order valence-corrected chi connectivity index (χ1v) is 9.62. The molecule has 0 radical (unpaired) electrons. The quantitative estimate of drug-likeness (QED) is 0.594. The molecule has 0 aliphatic carbocycles. The van der Waals surface area contributed by atoms with E-state index in [0.29, 0.717) is 33.4 Å². The van der Waals surface area contributed by atoms with E-state index in [9.17, 15) is 9.59 Å². The number of carbonyl (C=O) groups is 2. The summed E-state index contributed by atoms with van der Waals surface area (Å²) < 4.78 is 12.1. The summed E-state index contributed by atoms with van der Waals surface area (Å²) in [4.78, 5) is 24.9. The second-order valence-corrected chi connectivity index (χ2v) is 7.13. The normalized spacial score (nSPS) is 10.6. The maximum Gasteiger partial charge on any atom is 0.342 e. The van der Waals surface area contributed by atoms with Crippen LogP contribution in [0.5, 0.6) is 5.75 Å². The molecule has 8 heteroatoms. The van der Waals surface area contributed by atoms with Crippen LogP contribution in [0.1, 0.15) is 27.3 Å². The zero-order valence-corrected chi connectivity index (χ0v) is 17.9. The number of aromatic nitrogens is 2. The Balaban J connectivity index is 1.70. The van der Waals surface area contributed by atoms with Crippen molar-refractivity contribution in [2.75, 3.05) is 19.0 Å². The number of rotatable bonds is 6. The van der Waals surface area contributed by atoms with Crippen LogP contribution in [0.4, 0.5) is 5.69 Å². The monoisotopic (exact) mass is 427 g/mol. The van der Waals surface area contributed by atoms with Gasteiger partial charge in [-0.05, 0) is 44.5 Å². The van der Waals surface area contributed by atoms with E-state index >= 15 is 0 Å². The van der Waals surface area contributed by atoms with Crippen molar-refractivity contribution in [1.29, 1.82) is 0 Å². The Morgan fingerprint density at radius 1 is 1.13 bits per heavy atom. The van der Waals surface area contributed by atoms with Gasteiger partial charge in [0.15, 0.2) is 6.61 Å². The van der Waals surface area contributed by atoms with Gasteiger partial charge in [-0.15, -0.1) is 0 Å². The number of aryl methyl sites for hydroxylation is 2. The van der Waals surface area contributed by atoms with Gasteiger partial charge >= 0.3 is 5.97 Å². The number of halogens is 1. The van der Waals surface area contributed by atoms with Gasteiger partial charge in [0, 0.05) is 11.1 Å². The van der Waals surface area contributed by atoms with Crippen LogP contribution in [0.2, 0.25) is 5.02 Å². The molecule has 7 nitrogen and oxygen atoms in total. The highest BCUT2D eigenvalue weighted by atomic mass is 35.5. The number of hydrogen-bond donors (Lipinski definition) is 1. The van der Waals surface area contributed by atoms with Gasteiger partial charge in [0.25, 0.3) is 5.91 Å². The van der Waals surface area contributed by atoms with Crippen LogP contribution >= 0.6 is 11.6 Å². The fourth-order valence-corrected chi connectivity index (χ4v) is 3.23. The SMILES string of the molecule is COc1cc(Cl)c(C)cc1NC(=O)COC(=O)c1c(C)nn(-c2ccccc2)c1C. The lowest BCUT2D eigenvalue weighted by Crippen LogP contribution is -2.21. The van der Waals surface area contributed by atoms with E-state index in [1.165, 1.54) is 7.11 Å². The number of nitrogens with one attached hydrogen (secondary N) is 1. The molecule has 0 aliphatic rings. The first-order chi connectivity index (χ1) is 14.3. The molecule has 0 bridgehead atoms. The Hall–Kier alpha value is -3.32. The number of carbonyl (C=O) groups excluding carboxylic acids is 2. The lowest BCUT2D eigenvalue weighted by molar-refractivity contribution is -0.119. The average Bonchev–Trinajstić information content (AvgIpc) is 3.03. The van der Waals surface area contributed by atoms with Crippen LogP contribution < -0.4 is 10.1 Å². The van der Waals surface area contributed by atoms with Crippen LogP contribution in [0.15, 0.2) is 42.5 Å². The lowest BCUT2D eigenvalue weighted by atomic mass is 10.2. The summed E-state index contributed by atoms with van der Waals surface area (Å²) in [6.07, 6.45) is 0. The van der Waals surface area contributed by atoms with Crippen molar-refractivity contribution in [1.82, 2.24) is 9.78 Å². The molecule has 0 aliphatic heterocycles. The van der Waals surface area contributed by atoms with Crippen molar-refractivity contribution in [2.24, 2.45) is 0 Å². The number of methoxy groups -OCH3 is 1. The summed E-state index contributed by atoms with van der Waals surface area (Å²) in [7, 11) is 1.48. The summed E-state index contributed by atoms with van der Waals surface area (Å²) in [6, 6.07) is 12.8. The second-order valence-electron chi connectivity index (χ2n) is 6.72. The zero-order valence-electron chi connectivity index (χ0n) is 17.2. The minimum Gasteiger partial charge on any atom is -0.495 e. The van der Waals surface area contributed by atoms with Crippen LogP contribution in [0.3, 0.4) is 0 Å². The maximum atomic E-state index is 12.6. The summed E-state index contributed by atoms with van der Waals surface area (Å²) in [5.41, 5.74) is 3.57. The Kier molecular flexibility index (Phi) is 6.42. The molecule has 1 aromatic heterocycles. The fourth-order valence-electron chi connectivity index (χ4n) is 3.08. The highest BCUT2D eigenvalue weighted by molar-refractivity contribution is 6.31. The average molecular weight is 428 g/mol. The second kappa shape index (κ2) is 9.00. The molecule has 0 atom stereocenters. The highest BCUT2D eigenvalue weighted by Crippen LogP contribution is 2.30. The highest BCUT2D eigenvalue weighted by Gasteiger charge is 2.22. The molecular formula is C22H22ClN3O4. The van der Waals surface area contributed by atoms with E-state index in [0.717, 1.165) is 11.3 Å². The minimum absolute atomic E-state index is 0.339. The first-order valence-electron chi connectivity index (χ1n) is 9.24. The van der Waals surface area contributed by atoms with Gasteiger partial charge < -0.3 is 14.8 Å². The first kappa shape index (κ1) is 21.4. The van der Waals surface area contributed by atoms with Gasteiger partial charge in [0.05, 0.1) is 29.9 Å². The number of hydrogen-bond acceptors (Lipinski definition) is 5. The molecule has 0 fully saturated rings. The van der Waals surface area contributed by atoms with Gasteiger partial charge in [-0.1, -0.05) is 29.8 Å². The molecular weight excluding hydrogens is 406 g/mol. The fraction of sp³-hybridized carbons (Fsp3) is 0.227. The molecule has 0 saturated carbocycles. The molecule has 3 aromatic rings. The minimum atomic E-state index is -0.610. The van der Waals surface area contributed by atoms with Gasteiger partial charge in [0.2, 0.25) is 0 Å². The molecule has 0 saturated heterocycles. The van der Waals surface area contributed by atoms with Crippen LogP contribution in [-0.4, -0.2) is 35.4 Å². The van der Waals surface area contributed by atoms with Gasteiger partial charge in [0.1, 0.15) is 11.3 Å². The van der Waals surface area contributed by atoms with Crippen LogP contribution in [-0.2, 0) is 9.53 Å². The third-order valence-corrected chi connectivity index (χ3v) is 4.99. The standard InChI is InChI=1S/C22H22ClN3O4/c1-13-10-18(19(29-4)11-17(13)23)24-20(27)12-30-22(28)21-14(2)25-26(15(21)3)16-8-6-5-7-9-16/h5-11H,12H2,1-4H3,(H,24,27). The Morgan fingerprint density at radius 2 is 1.83 bits per heavy atom. The van der Waals surface area contributed by atoms with Gasteiger partial charge in [-0.2, -0.15) is 5.10 Å². The molecule has 30 heavy (non-hydrogen) atoms. The molecule has 3 rings (SSSR count). The number of benzene rings is 2.